The van der Waals surface area contributed by atoms with Gasteiger partial charge in [-0.3, -0.25) is 0 Å². The van der Waals surface area contributed by atoms with E-state index in [-0.39, 0.29) is 12.1 Å². The first-order valence-corrected chi connectivity index (χ1v) is 7.79. The summed E-state index contributed by atoms with van der Waals surface area (Å²) in [6, 6.07) is 9.28. The normalized spacial score (nSPS) is 18.6. The summed E-state index contributed by atoms with van der Waals surface area (Å²) >= 11 is 1.89. The molecule has 0 spiro atoms. The van der Waals surface area contributed by atoms with Gasteiger partial charge in [-0.15, -0.1) is 0 Å². The van der Waals surface area contributed by atoms with E-state index in [4.69, 9.17) is 0 Å². The van der Waals surface area contributed by atoms with E-state index in [1.165, 1.54) is 24.0 Å². The zero-order valence-corrected chi connectivity index (χ0v) is 12.1. The van der Waals surface area contributed by atoms with E-state index in [9.17, 15) is 5.11 Å². The van der Waals surface area contributed by atoms with E-state index in [0.29, 0.717) is 6.04 Å². The molecule has 100 valence electrons. The molecule has 0 amide bonds. The molecule has 0 saturated heterocycles. The number of hydrogen-bond donors (Lipinski definition) is 2. The van der Waals surface area contributed by atoms with Crippen molar-refractivity contribution in [2.75, 3.05) is 12.4 Å². The van der Waals surface area contributed by atoms with E-state index in [1.807, 2.05) is 11.8 Å². The van der Waals surface area contributed by atoms with Gasteiger partial charge in [0.2, 0.25) is 0 Å². The van der Waals surface area contributed by atoms with Crippen LogP contribution < -0.4 is 5.32 Å². The summed E-state index contributed by atoms with van der Waals surface area (Å²) in [5, 5.41) is 13.1. The second kappa shape index (κ2) is 6.09. The number of aliphatic hydroxyl groups is 1. The molecule has 0 radical (unpaired) electrons. The van der Waals surface area contributed by atoms with Crippen molar-refractivity contribution in [3.8, 4) is 0 Å². The Morgan fingerprint density at radius 3 is 2.83 bits per heavy atom. The molecule has 1 saturated carbocycles. The fraction of sp³-hybridized carbons (Fsp3) is 0.600. The number of hydrogen-bond acceptors (Lipinski definition) is 3. The first kappa shape index (κ1) is 13.9. The molecule has 2 N–H and O–H groups in total. The molecule has 2 rings (SSSR count). The van der Waals surface area contributed by atoms with Crippen molar-refractivity contribution in [3.63, 3.8) is 0 Å². The number of benzene rings is 1. The molecule has 0 heterocycles. The molecule has 1 atom stereocenters. The number of rotatable bonds is 7. The Morgan fingerprint density at radius 2 is 2.22 bits per heavy atom. The Kier molecular flexibility index (Phi) is 4.71. The average molecular weight is 265 g/mol. The van der Waals surface area contributed by atoms with Crippen molar-refractivity contribution in [1.82, 2.24) is 5.32 Å². The summed E-state index contributed by atoms with van der Waals surface area (Å²) in [4.78, 5) is 0. The van der Waals surface area contributed by atoms with Crippen LogP contribution in [0, 0.1) is 6.92 Å². The topological polar surface area (TPSA) is 32.3 Å². The van der Waals surface area contributed by atoms with Gasteiger partial charge in [0.1, 0.15) is 0 Å². The molecule has 1 aliphatic carbocycles. The van der Waals surface area contributed by atoms with E-state index in [1.54, 1.807) is 0 Å². The van der Waals surface area contributed by atoms with Crippen molar-refractivity contribution in [2.45, 2.75) is 44.0 Å². The van der Waals surface area contributed by atoms with Gasteiger partial charge >= 0.3 is 0 Å². The van der Waals surface area contributed by atoms with Gasteiger partial charge in [-0.2, -0.15) is 11.8 Å². The zero-order chi connectivity index (χ0) is 13.0. The fourth-order valence-corrected chi connectivity index (χ4v) is 3.19. The lowest BCUT2D eigenvalue weighted by molar-refractivity contribution is 0.190. The molecule has 2 nitrogen and oxygen atoms in total. The van der Waals surface area contributed by atoms with Gasteiger partial charge in [0.15, 0.2) is 0 Å². The largest absolute Gasteiger partial charge is 0.394 e. The Labute approximate surface area is 114 Å². The second-order valence-corrected chi connectivity index (χ2v) is 6.60. The van der Waals surface area contributed by atoms with Crippen molar-refractivity contribution in [2.24, 2.45) is 0 Å². The molecule has 18 heavy (non-hydrogen) atoms. The monoisotopic (exact) mass is 265 g/mol. The van der Waals surface area contributed by atoms with Crippen LogP contribution >= 0.6 is 11.8 Å². The van der Waals surface area contributed by atoms with Gasteiger partial charge in [0, 0.05) is 23.1 Å². The quantitative estimate of drug-likeness (QED) is 0.795. The van der Waals surface area contributed by atoms with Crippen LogP contribution in [0.25, 0.3) is 0 Å². The van der Waals surface area contributed by atoms with E-state index < -0.39 is 0 Å². The van der Waals surface area contributed by atoms with Crippen LogP contribution in [0.2, 0.25) is 0 Å². The van der Waals surface area contributed by atoms with Crippen LogP contribution in [0.3, 0.4) is 0 Å². The van der Waals surface area contributed by atoms with Gasteiger partial charge < -0.3 is 10.4 Å². The lowest BCUT2D eigenvalue weighted by atomic mass is 10.1. The average Bonchev–Trinajstić information content (AvgIpc) is 3.13. The smallest absolute Gasteiger partial charge is 0.0618 e. The molecule has 1 aliphatic rings. The molecular weight excluding hydrogens is 242 g/mol. The maximum Gasteiger partial charge on any atom is 0.0618 e. The van der Waals surface area contributed by atoms with Crippen molar-refractivity contribution in [1.29, 1.82) is 0 Å². The number of aliphatic hydroxyl groups excluding tert-OH is 1. The summed E-state index contributed by atoms with van der Waals surface area (Å²) < 4.78 is 0. The molecule has 1 fully saturated rings. The predicted octanol–water partition coefficient (Wildman–Crippen LogP) is 2.73. The van der Waals surface area contributed by atoms with Crippen LogP contribution in [0.15, 0.2) is 24.3 Å². The Balaban J connectivity index is 1.79. The standard InChI is InChI=1S/C15H23NOS/c1-12-4-3-5-13(8-12)9-18-11-15(2,10-17)16-14-6-7-14/h3-5,8,14,16-17H,6-7,9-11H2,1-2H3. The van der Waals surface area contributed by atoms with Gasteiger partial charge in [-0.1, -0.05) is 29.8 Å². The van der Waals surface area contributed by atoms with Gasteiger partial charge in [-0.25, -0.2) is 0 Å². The minimum atomic E-state index is -0.129. The van der Waals surface area contributed by atoms with Crippen LogP contribution in [0.4, 0.5) is 0 Å². The third-order valence-electron chi connectivity index (χ3n) is 3.25. The Morgan fingerprint density at radius 1 is 1.44 bits per heavy atom. The van der Waals surface area contributed by atoms with E-state index in [2.05, 4.69) is 43.4 Å². The number of aryl methyl sites for hydroxylation is 1. The SMILES string of the molecule is Cc1cccc(CSCC(C)(CO)NC2CC2)c1. The van der Waals surface area contributed by atoms with Crippen LogP contribution in [-0.4, -0.2) is 29.0 Å². The van der Waals surface area contributed by atoms with Crippen LogP contribution in [0.5, 0.6) is 0 Å². The molecule has 1 aromatic carbocycles. The maximum absolute atomic E-state index is 9.53. The highest BCUT2D eigenvalue weighted by molar-refractivity contribution is 7.98. The summed E-state index contributed by atoms with van der Waals surface area (Å²) in [6.07, 6.45) is 2.52. The highest BCUT2D eigenvalue weighted by Crippen LogP contribution is 2.25. The molecule has 0 aromatic heterocycles. The lowest BCUT2D eigenvalue weighted by Gasteiger charge is -2.28. The van der Waals surface area contributed by atoms with Gasteiger partial charge in [0.05, 0.1) is 6.61 Å². The fourth-order valence-electron chi connectivity index (χ4n) is 2.05. The van der Waals surface area contributed by atoms with E-state index in [0.717, 1.165) is 11.5 Å². The van der Waals surface area contributed by atoms with E-state index >= 15 is 0 Å². The summed E-state index contributed by atoms with van der Waals surface area (Å²) in [5.41, 5.74) is 2.55. The third-order valence-corrected chi connectivity index (χ3v) is 4.63. The maximum atomic E-state index is 9.53. The van der Waals surface area contributed by atoms with Crippen molar-refractivity contribution < 1.29 is 5.11 Å². The van der Waals surface area contributed by atoms with Crippen LogP contribution in [0.1, 0.15) is 30.9 Å². The zero-order valence-electron chi connectivity index (χ0n) is 11.3. The summed E-state index contributed by atoms with van der Waals surface area (Å²) in [7, 11) is 0. The first-order valence-electron chi connectivity index (χ1n) is 6.63. The Hall–Kier alpha value is -0.510. The predicted molar refractivity (Wildman–Crippen MR) is 79.0 cm³/mol. The highest BCUT2D eigenvalue weighted by Gasteiger charge is 2.31. The molecule has 0 aliphatic heterocycles. The first-order chi connectivity index (χ1) is 8.61. The molecule has 1 unspecified atom stereocenters. The summed E-state index contributed by atoms with van der Waals surface area (Å²) in [5.74, 6) is 1.97. The lowest BCUT2D eigenvalue weighted by Crippen LogP contribution is -2.49. The number of nitrogens with one attached hydrogen (secondary N) is 1. The second-order valence-electron chi connectivity index (χ2n) is 5.62. The van der Waals surface area contributed by atoms with Crippen LogP contribution in [-0.2, 0) is 5.75 Å². The Bertz CT molecular complexity index is 392. The molecule has 1 aromatic rings. The minimum Gasteiger partial charge on any atom is -0.394 e. The highest BCUT2D eigenvalue weighted by atomic mass is 32.2. The van der Waals surface area contributed by atoms with Crippen molar-refractivity contribution >= 4 is 11.8 Å². The summed E-state index contributed by atoms with van der Waals surface area (Å²) in [6.45, 7) is 4.46. The molecule has 0 bridgehead atoms. The minimum absolute atomic E-state index is 0.129. The van der Waals surface area contributed by atoms with Gasteiger partial charge in [0.25, 0.3) is 0 Å². The third kappa shape index (κ3) is 4.30. The molecular formula is C15H23NOS. The van der Waals surface area contributed by atoms with Gasteiger partial charge in [-0.05, 0) is 32.3 Å². The number of thioether (sulfide) groups is 1. The van der Waals surface area contributed by atoms with Crippen molar-refractivity contribution in [3.05, 3.63) is 35.4 Å². The molecule has 3 heteroatoms.